The minimum Gasteiger partial charge on any atom is -0.504 e. The molecule has 0 aliphatic carbocycles. The molecule has 1 heterocycles. The summed E-state index contributed by atoms with van der Waals surface area (Å²) in [6, 6.07) is 2.88. The second-order valence-electron chi connectivity index (χ2n) is 4.52. The van der Waals surface area contributed by atoms with E-state index in [2.05, 4.69) is 5.32 Å². The van der Waals surface area contributed by atoms with Crippen LogP contribution in [0.15, 0.2) is 12.1 Å². The summed E-state index contributed by atoms with van der Waals surface area (Å²) in [4.78, 5) is 11.9. The summed E-state index contributed by atoms with van der Waals surface area (Å²) < 4.78 is 5.49. The molecule has 1 amide bonds. The number of halogens is 2. The largest absolute Gasteiger partial charge is 0.504 e. The fourth-order valence-electron chi connectivity index (χ4n) is 2.04. The van der Waals surface area contributed by atoms with E-state index in [0.717, 1.165) is 19.3 Å². The van der Waals surface area contributed by atoms with E-state index in [9.17, 15) is 9.90 Å². The third-order valence-corrected chi connectivity index (χ3v) is 3.50. The number of carbonyl (C=O) groups is 1. The maximum absolute atomic E-state index is 11.9. The summed E-state index contributed by atoms with van der Waals surface area (Å²) in [7, 11) is 0. The predicted molar refractivity (Wildman–Crippen MR) is 75.0 cm³/mol. The lowest BCUT2D eigenvalue weighted by Crippen LogP contribution is -2.25. The number of nitrogens with one attached hydrogen (secondary N) is 1. The molecule has 4 nitrogen and oxygen atoms in total. The second kappa shape index (κ2) is 6.46. The number of anilines is 1. The van der Waals surface area contributed by atoms with E-state index >= 15 is 0 Å². The van der Waals surface area contributed by atoms with Gasteiger partial charge < -0.3 is 15.2 Å². The predicted octanol–water partition coefficient (Wildman–Crippen LogP) is 3.60. The number of carbonyl (C=O) groups excluding carboxylic acids is 1. The number of amides is 1. The van der Waals surface area contributed by atoms with E-state index in [1.165, 1.54) is 12.1 Å². The lowest BCUT2D eigenvalue weighted by molar-refractivity contribution is -0.119. The van der Waals surface area contributed by atoms with Crippen molar-refractivity contribution in [3.8, 4) is 5.75 Å². The summed E-state index contributed by atoms with van der Waals surface area (Å²) >= 11 is 11.6. The van der Waals surface area contributed by atoms with Gasteiger partial charge in [0.1, 0.15) is 0 Å². The highest BCUT2D eigenvalue weighted by atomic mass is 35.5. The van der Waals surface area contributed by atoms with Crippen molar-refractivity contribution in [2.24, 2.45) is 0 Å². The summed E-state index contributed by atoms with van der Waals surface area (Å²) in [5.41, 5.74) is 0.221. The molecule has 1 saturated heterocycles. The SMILES string of the molecule is O=C(CC1CCCCO1)Nc1cc(Cl)cc(Cl)c1O. The number of hydrogen-bond donors (Lipinski definition) is 2. The van der Waals surface area contributed by atoms with Gasteiger partial charge >= 0.3 is 0 Å². The third-order valence-electron chi connectivity index (χ3n) is 2.99. The number of benzene rings is 1. The van der Waals surface area contributed by atoms with E-state index < -0.39 is 0 Å². The highest BCUT2D eigenvalue weighted by Crippen LogP contribution is 2.35. The molecule has 1 aliphatic heterocycles. The van der Waals surface area contributed by atoms with Gasteiger partial charge in [0.05, 0.1) is 23.2 Å². The summed E-state index contributed by atoms with van der Waals surface area (Å²) in [6.45, 7) is 0.701. The van der Waals surface area contributed by atoms with Crippen LogP contribution in [-0.2, 0) is 9.53 Å². The van der Waals surface area contributed by atoms with Crippen molar-refractivity contribution in [2.45, 2.75) is 31.8 Å². The first-order valence-electron chi connectivity index (χ1n) is 6.15. The molecule has 6 heteroatoms. The van der Waals surface area contributed by atoms with Crippen molar-refractivity contribution in [1.82, 2.24) is 0 Å². The molecule has 1 aromatic carbocycles. The number of hydrogen-bond acceptors (Lipinski definition) is 3. The number of ether oxygens (including phenoxy) is 1. The van der Waals surface area contributed by atoms with Crippen LogP contribution in [0, 0.1) is 0 Å². The Morgan fingerprint density at radius 1 is 1.42 bits per heavy atom. The molecule has 1 fully saturated rings. The molecule has 104 valence electrons. The van der Waals surface area contributed by atoms with Gasteiger partial charge in [-0.15, -0.1) is 0 Å². The zero-order chi connectivity index (χ0) is 13.8. The Bertz CT molecular complexity index is 473. The van der Waals surface area contributed by atoms with Crippen LogP contribution in [0.1, 0.15) is 25.7 Å². The molecule has 19 heavy (non-hydrogen) atoms. The maximum atomic E-state index is 11.9. The minimum atomic E-state index is -0.222. The van der Waals surface area contributed by atoms with Gasteiger partial charge in [0.15, 0.2) is 5.75 Å². The van der Waals surface area contributed by atoms with Gasteiger partial charge in [-0.1, -0.05) is 23.2 Å². The molecule has 0 spiro atoms. The van der Waals surface area contributed by atoms with Gasteiger partial charge in [-0.3, -0.25) is 4.79 Å². The Morgan fingerprint density at radius 3 is 2.89 bits per heavy atom. The van der Waals surface area contributed by atoms with Crippen LogP contribution in [0.3, 0.4) is 0 Å². The Labute approximate surface area is 121 Å². The average Bonchev–Trinajstić information content (AvgIpc) is 2.36. The second-order valence-corrected chi connectivity index (χ2v) is 5.37. The Balaban J connectivity index is 1.98. The highest BCUT2D eigenvalue weighted by Gasteiger charge is 2.19. The quantitative estimate of drug-likeness (QED) is 0.839. The van der Waals surface area contributed by atoms with Crippen molar-refractivity contribution in [3.05, 3.63) is 22.2 Å². The minimum absolute atomic E-state index is 0.0504. The Hall–Kier alpha value is -0.970. The standard InChI is InChI=1S/C13H15Cl2NO3/c14-8-5-10(15)13(18)11(6-8)16-12(17)7-9-3-1-2-4-19-9/h5-6,9,18H,1-4,7H2,(H,16,17). The molecule has 0 bridgehead atoms. The smallest absolute Gasteiger partial charge is 0.227 e. The fraction of sp³-hybridized carbons (Fsp3) is 0.462. The Morgan fingerprint density at radius 2 is 2.21 bits per heavy atom. The molecule has 1 aliphatic rings. The van der Waals surface area contributed by atoms with Crippen LogP contribution in [0.2, 0.25) is 10.0 Å². The topological polar surface area (TPSA) is 58.6 Å². The van der Waals surface area contributed by atoms with Crippen LogP contribution < -0.4 is 5.32 Å². The number of aromatic hydroxyl groups is 1. The lowest BCUT2D eigenvalue weighted by atomic mass is 10.1. The van der Waals surface area contributed by atoms with E-state index in [1.54, 1.807) is 0 Å². The van der Waals surface area contributed by atoms with E-state index in [0.29, 0.717) is 11.6 Å². The molecule has 1 atom stereocenters. The van der Waals surface area contributed by atoms with Gasteiger partial charge in [-0.2, -0.15) is 0 Å². The van der Waals surface area contributed by atoms with Crippen molar-refractivity contribution in [1.29, 1.82) is 0 Å². The first-order valence-corrected chi connectivity index (χ1v) is 6.91. The van der Waals surface area contributed by atoms with Gasteiger partial charge in [0, 0.05) is 11.6 Å². The van der Waals surface area contributed by atoms with Crippen LogP contribution in [0.4, 0.5) is 5.69 Å². The normalized spacial score (nSPS) is 19.2. The van der Waals surface area contributed by atoms with Gasteiger partial charge in [0.2, 0.25) is 5.91 Å². The number of rotatable bonds is 3. The number of phenols is 1. The van der Waals surface area contributed by atoms with Gasteiger partial charge in [0.25, 0.3) is 0 Å². The highest BCUT2D eigenvalue weighted by molar-refractivity contribution is 6.36. The van der Waals surface area contributed by atoms with Crippen molar-refractivity contribution in [3.63, 3.8) is 0 Å². The maximum Gasteiger partial charge on any atom is 0.227 e. The van der Waals surface area contributed by atoms with Crippen LogP contribution in [0.5, 0.6) is 5.75 Å². The van der Waals surface area contributed by atoms with Crippen molar-refractivity contribution in [2.75, 3.05) is 11.9 Å². The molecule has 0 aromatic heterocycles. The molecular formula is C13H15Cl2NO3. The van der Waals surface area contributed by atoms with Crippen molar-refractivity contribution >= 4 is 34.8 Å². The van der Waals surface area contributed by atoms with Gasteiger partial charge in [-0.05, 0) is 31.4 Å². The Kier molecular flexibility index (Phi) is 4.91. The van der Waals surface area contributed by atoms with Gasteiger partial charge in [-0.25, -0.2) is 0 Å². The summed E-state index contributed by atoms with van der Waals surface area (Å²) in [6.07, 6.45) is 3.22. The zero-order valence-corrected chi connectivity index (χ0v) is 11.8. The molecular weight excluding hydrogens is 289 g/mol. The molecule has 0 saturated carbocycles. The first-order chi connectivity index (χ1) is 9.06. The molecule has 1 unspecified atom stereocenters. The molecule has 1 aromatic rings. The average molecular weight is 304 g/mol. The van der Waals surface area contributed by atoms with E-state index in [4.69, 9.17) is 27.9 Å². The third kappa shape index (κ3) is 4.00. The monoisotopic (exact) mass is 303 g/mol. The molecule has 2 rings (SSSR count). The number of phenolic OH excluding ortho intramolecular Hbond substituents is 1. The van der Waals surface area contributed by atoms with E-state index in [1.807, 2.05) is 0 Å². The van der Waals surface area contributed by atoms with Crippen LogP contribution in [-0.4, -0.2) is 23.7 Å². The lowest BCUT2D eigenvalue weighted by Gasteiger charge is -2.22. The van der Waals surface area contributed by atoms with Crippen LogP contribution in [0.25, 0.3) is 0 Å². The molecule has 0 radical (unpaired) electrons. The van der Waals surface area contributed by atoms with Crippen molar-refractivity contribution < 1.29 is 14.6 Å². The van der Waals surface area contributed by atoms with E-state index in [-0.39, 0.29) is 34.9 Å². The summed E-state index contributed by atoms with van der Waals surface area (Å²) in [5.74, 6) is -0.399. The van der Waals surface area contributed by atoms with Crippen LogP contribution >= 0.6 is 23.2 Å². The first kappa shape index (κ1) is 14.4. The molecule has 2 N–H and O–H groups in total. The zero-order valence-electron chi connectivity index (χ0n) is 10.3. The fourth-order valence-corrected chi connectivity index (χ4v) is 2.53. The summed E-state index contributed by atoms with van der Waals surface area (Å²) in [5, 5.41) is 12.8.